The first-order chi connectivity index (χ1) is 20.9. The van der Waals surface area contributed by atoms with Crippen molar-refractivity contribution in [3.05, 3.63) is 95.3 Å². The van der Waals surface area contributed by atoms with Crippen molar-refractivity contribution < 1.29 is 28.7 Å². The predicted molar refractivity (Wildman–Crippen MR) is 164 cm³/mol. The Morgan fingerprint density at radius 3 is 2.37 bits per heavy atom. The normalized spacial score (nSPS) is 21.0. The number of esters is 1. The molecule has 2 amide bonds. The van der Waals surface area contributed by atoms with Gasteiger partial charge >= 0.3 is 5.97 Å². The van der Waals surface area contributed by atoms with E-state index in [0.29, 0.717) is 43.9 Å². The third-order valence-electron chi connectivity index (χ3n) is 7.93. The second kappa shape index (κ2) is 16.4. The summed E-state index contributed by atoms with van der Waals surface area (Å²) < 4.78 is 11.1. The number of hydrogen-bond acceptors (Lipinski definition) is 6. The smallest absolute Gasteiger partial charge is 0.328 e. The largest absolute Gasteiger partial charge is 0.493 e. The summed E-state index contributed by atoms with van der Waals surface area (Å²) in [5, 5.41) is 2.82. The molecule has 0 aromatic heterocycles. The molecule has 4 rings (SSSR count). The molecule has 1 N–H and O–H groups in total. The van der Waals surface area contributed by atoms with Crippen molar-refractivity contribution in [3.63, 3.8) is 0 Å². The molecule has 2 atom stereocenters. The Morgan fingerprint density at radius 2 is 1.65 bits per heavy atom. The van der Waals surface area contributed by atoms with Crippen LogP contribution in [0.15, 0.2) is 84.1 Å². The third kappa shape index (κ3) is 9.66. The molecule has 1 heterocycles. The molecule has 43 heavy (non-hydrogen) atoms. The van der Waals surface area contributed by atoms with E-state index >= 15 is 0 Å². The van der Waals surface area contributed by atoms with Gasteiger partial charge in [-0.2, -0.15) is 0 Å². The fraction of sp³-hybridized carbons (Fsp3) is 0.429. The van der Waals surface area contributed by atoms with E-state index in [4.69, 9.17) is 9.47 Å². The van der Waals surface area contributed by atoms with Crippen LogP contribution in [0.1, 0.15) is 56.1 Å². The van der Waals surface area contributed by atoms with Gasteiger partial charge in [-0.05, 0) is 62.1 Å². The molecule has 0 unspecified atom stereocenters. The zero-order valence-corrected chi connectivity index (χ0v) is 25.0. The lowest BCUT2D eigenvalue weighted by atomic mass is 9.89. The van der Waals surface area contributed by atoms with Gasteiger partial charge in [0.1, 0.15) is 11.8 Å². The van der Waals surface area contributed by atoms with E-state index in [9.17, 15) is 19.2 Å². The molecule has 0 bridgehead atoms. The number of Topliss-reactive ketones (excluding diaryl/α,β-unsaturated/α-hetero) is 1. The van der Waals surface area contributed by atoms with Crippen LogP contribution < -0.4 is 5.32 Å². The van der Waals surface area contributed by atoms with Crippen LogP contribution in [-0.4, -0.2) is 61.3 Å². The lowest BCUT2D eigenvalue weighted by Crippen LogP contribution is -2.46. The van der Waals surface area contributed by atoms with E-state index in [1.54, 1.807) is 0 Å². The van der Waals surface area contributed by atoms with Gasteiger partial charge in [-0.1, -0.05) is 66.7 Å². The monoisotopic (exact) mass is 586 g/mol. The summed E-state index contributed by atoms with van der Waals surface area (Å²) >= 11 is 0. The molecule has 1 saturated heterocycles. The molecule has 8 nitrogen and oxygen atoms in total. The molecule has 2 aromatic carbocycles. The van der Waals surface area contributed by atoms with Gasteiger partial charge < -0.3 is 19.7 Å². The number of rotatable bonds is 6. The van der Waals surface area contributed by atoms with Crippen molar-refractivity contribution in [2.24, 2.45) is 5.92 Å². The molecule has 1 aliphatic carbocycles. The SMILES string of the molecule is COC(=O)[C@@H]1CCC(=O)N(CCc2ccccc2)CCCCOC2=CCCC=C2C(=O)C[C@H](Cc2ccccc2)C(=O)N1. The molecule has 0 saturated carbocycles. The lowest BCUT2D eigenvalue weighted by molar-refractivity contribution is -0.146. The third-order valence-corrected chi connectivity index (χ3v) is 7.93. The van der Waals surface area contributed by atoms with Crippen molar-refractivity contribution in [2.45, 2.75) is 63.8 Å². The van der Waals surface area contributed by atoms with E-state index in [-0.39, 0.29) is 31.0 Å². The number of ketones is 1. The van der Waals surface area contributed by atoms with E-state index in [2.05, 4.69) is 5.32 Å². The molecule has 0 spiro atoms. The van der Waals surface area contributed by atoms with Crippen LogP contribution in [0.2, 0.25) is 0 Å². The van der Waals surface area contributed by atoms with E-state index in [0.717, 1.165) is 36.8 Å². The van der Waals surface area contributed by atoms with Gasteiger partial charge in [0.25, 0.3) is 0 Å². The average molecular weight is 587 g/mol. The van der Waals surface area contributed by atoms with Crippen molar-refractivity contribution in [3.8, 4) is 0 Å². The van der Waals surface area contributed by atoms with Gasteiger partial charge in [0.2, 0.25) is 11.8 Å². The molecular formula is C35H42N2O6. The van der Waals surface area contributed by atoms with Crippen molar-refractivity contribution >= 4 is 23.6 Å². The molecular weight excluding hydrogens is 544 g/mol. The second-order valence-corrected chi connectivity index (χ2v) is 11.1. The number of benzene rings is 2. The Hall–Kier alpha value is -4.20. The number of allylic oxidation sites excluding steroid dienone is 3. The van der Waals surface area contributed by atoms with Crippen molar-refractivity contribution in [2.75, 3.05) is 26.8 Å². The number of carbonyl (C=O) groups excluding carboxylic acids is 4. The van der Waals surface area contributed by atoms with Crippen LogP contribution in [0.4, 0.5) is 0 Å². The molecule has 2 aromatic rings. The number of ether oxygens (including phenoxy) is 2. The number of hydrogen-bond donors (Lipinski definition) is 1. The Kier molecular flexibility index (Phi) is 12.1. The van der Waals surface area contributed by atoms with Gasteiger partial charge in [-0.25, -0.2) is 4.79 Å². The molecule has 2 aliphatic rings. The summed E-state index contributed by atoms with van der Waals surface area (Å²) in [6, 6.07) is 18.5. The molecule has 1 fully saturated rings. The minimum atomic E-state index is -1.01. The Labute approximate surface area is 254 Å². The highest BCUT2D eigenvalue weighted by Gasteiger charge is 2.31. The second-order valence-electron chi connectivity index (χ2n) is 11.1. The maximum atomic E-state index is 13.7. The topological polar surface area (TPSA) is 102 Å². The number of fused-ring (bicyclic) bond motifs is 1. The first-order valence-electron chi connectivity index (χ1n) is 15.2. The van der Waals surface area contributed by atoms with Crippen LogP contribution in [0.3, 0.4) is 0 Å². The molecule has 1 aliphatic heterocycles. The van der Waals surface area contributed by atoms with Crippen LogP contribution in [0.5, 0.6) is 0 Å². The van der Waals surface area contributed by atoms with Crippen molar-refractivity contribution in [1.82, 2.24) is 10.2 Å². The highest BCUT2D eigenvalue weighted by Crippen LogP contribution is 2.25. The van der Waals surface area contributed by atoms with Crippen LogP contribution in [-0.2, 0) is 41.5 Å². The van der Waals surface area contributed by atoms with Gasteiger partial charge in [-0.3, -0.25) is 14.4 Å². The van der Waals surface area contributed by atoms with Crippen LogP contribution in [0.25, 0.3) is 0 Å². The van der Waals surface area contributed by atoms with Gasteiger partial charge in [0, 0.05) is 31.8 Å². The average Bonchev–Trinajstić information content (AvgIpc) is 3.04. The Morgan fingerprint density at radius 1 is 0.953 bits per heavy atom. The van der Waals surface area contributed by atoms with Crippen LogP contribution in [0, 0.1) is 5.92 Å². The van der Waals surface area contributed by atoms with E-state index in [1.807, 2.05) is 77.7 Å². The summed E-state index contributed by atoms with van der Waals surface area (Å²) in [4.78, 5) is 55.3. The predicted octanol–water partition coefficient (Wildman–Crippen LogP) is 4.73. The number of amides is 2. The van der Waals surface area contributed by atoms with E-state index in [1.165, 1.54) is 7.11 Å². The Balaban J connectivity index is 1.57. The van der Waals surface area contributed by atoms with Gasteiger partial charge in [-0.15, -0.1) is 0 Å². The van der Waals surface area contributed by atoms with Crippen molar-refractivity contribution in [1.29, 1.82) is 0 Å². The minimum Gasteiger partial charge on any atom is -0.493 e. The maximum Gasteiger partial charge on any atom is 0.328 e. The first-order valence-corrected chi connectivity index (χ1v) is 15.2. The highest BCUT2D eigenvalue weighted by molar-refractivity contribution is 6.01. The Bertz CT molecular complexity index is 1300. The summed E-state index contributed by atoms with van der Waals surface area (Å²) in [5.74, 6) is -1.45. The zero-order valence-electron chi connectivity index (χ0n) is 25.0. The van der Waals surface area contributed by atoms with Gasteiger partial charge in [0.05, 0.1) is 19.3 Å². The fourth-order valence-electron chi connectivity index (χ4n) is 5.49. The summed E-state index contributed by atoms with van der Waals surface area (Å²) in [7, 11) is 1.26. The minimum absolute atomic E-state index is 0.0344. The fourth-order valence-corrected chi connectivity index (χ4v) is 5.49. The molecule has 8 heteroatoms. The summed E-state index contributed by atoms with van der Waals surface area (Å²) in [6.45, 7) is 1.52. The lowest BCUT2D eigenvalue weighted by Gasteiger charge is -2.25. The number of nitrogens with zero attached hydrogens (tertiary/aromatic N) is 1. The van der Waals surface area contributed by atoms with Crippen LogP contribution >= 0.6 is 0 Å². The van der Waals surface area contributed by atoms with Gasteiger partial charge in [0.15, 0.2) is 5.78 Å². The van der Waals surface area contributed by atoms with E-state index < -0.39 is 23.8 Å². The zero-order chi connectivity index (χ0) is 30.4. The summed E-state index contributed by atoms with van der Waals surface area (Å²) in [6.07, 6.45) is 7.98. The maximum absolute atomic E-state index is 13.7. The summed E-state index contributed by atoms with van der Waals surface area (Å²) in [5.41, 5.74) is 2.55. The number of methoxy groups -OCH3 is 1. The first kappa shape index (κ1) is 31.7. The number of nitrogens with one attached hydrogen (secondary N) is 1. The molecule has 228 valence electrons. The highest BCUT2D eigenvalue weighted by atomic mass is 16.5. The number of carbonyl (C=O) groups is 4. The molecule has 0 radical (unpaired) electrons. The quantitative estimate of drug-likeness (QED) is 0.492. The standard InChI is InChI=1S/C35H42N2O6/c1-42-35(41)30-18-19-33(39)37(22-20-26-12-4-2-5-13-26)21-10-11-23-43-32-17-9-8-16-29(32)31(38)25-28(34(40)36-30)24-27-14-6-3-7-15-27/h2-7,12-17,28,30H,8-11,18-25H2,1H3,(H,36,40)/t28-,30-/m0/s1.